The molecule has 3 heterocycles. The molecule has 0 fully saturated rings. The van der Waals surface area contributed by atoms with Crippen molar-refractivity contribution in [3.63, 3.8) is 0 Å². The van der Waals surface area contributed by atoms with Crippen molar-refractivity contribution in [3.05, 3.63) is 50.3 Å². The Morgan fingerprint density at radius 2 is 2.20 bits per heavy atom. The number of fused-ring (bicyclic) bond motifs is 1. The molecule has 6 nitrogen and oxygen atoms in total. The number of aromatic nitrogens is 4. The summed E-state index contributed by atoms with van der Waals surface area (Å²) < 4.78 is 6.77. The van der Waals surface area contributed by atoms with Crippen LogP contribution in [0.15, 0.2) is 36.8 Å². The topological polar surface area (TPSA) is 64.3 Å². The van der Waals surface area contributed by atoms with E-state index in [9.17, 15) is 0 Å². The lowest BCUT2D eigenvalue weighted by molar-refractivity contribution is 0.398. The molecule has 0 atom stereocenters. The van der Waals surface area contributed by atoms with Crippen molar-refractivity contribution in [3.8, 4) is 17.0 Å². The summed E-state index contributed by atoms with van der Waals surface area (Å²) in [4.78, 5) is 8.70. The van der Waals surface area contributed by atoms with Crippen LogP contribution in [-0.2, 0) is 0 Å². The molecular formula is C14H13N5O. The van der Waals surface area contributed by atoms with E-state index in [1.165, 1.54) is 0 Å². The molecule has 0 bridgehead atoms. The second-order valence-electron chi connectivity index (χ2n) is 4.08. The molecular weight excluding hydrogens is 254 g/mol. The Morgan fingerprint density at radius 1 is 1.30 bits per heavy atom. The lowest BCUT2D eigenvalue weighted by atomic mass is 10.1. The van der Waals surface area contributed by atoms with Gasteiger partial charge in [0.2, 0.25) is 5.88 Å². The van der Waals surface area contributed by atoms with Gasteiger partial charge in [-0.1, -0.05) is 0 Å². The van der Waals surface area contributed by atoms with Gasteiger partial charge in [-0.2, -0.15) is 5.10 Å². The van der Waals surface area contributed by atoms with Crippen LogP contribution in [0.3, 0.4) is 0 Å². The van der Waals surface area contributed by atoms with Gasteiger partial charge in [0, 0.05) is 36.1 Å². The summed E-state index contributed by atoms with van der Waals surface area (Å²) in [5.74, 6) is 1.29. The molecule has 100 valence electrons. The van der Waals surface area contributed by atoms with Crippen LogP contribution in [-0.4, -0.2) is 26.7 Å². The first-order valence-electron chi connectivity index (χ1n) is 6.04. The van der Waals surface area contributed by atoms with Gasteiger partial charge in [-0.3, -0.25) is 0 Å². The molecule has 0 aromatic carbocycles. The molecule has 0 aliphatic carbocycles. The standard InChI is InChI=1S/C14H13N5O/c1-3-15-12-6-7-19-14(18-12)11(9-17-19)10-4-5-13(20-2)16-8-10/h3-9H,1H2,2H3,(H,15,18). The molecule has 0 saturated carbocycles. The van der Waals surface area contributed by atoms with Crippen molar-refractivity contribution in [1.29, 1.82) is 0 Å². The normalized spacial score (nSPS) is 10.7. The first kappa shape index (κ1) is 12.4. The molecule has 0 unspecified atom stereocenters. The van der Waals surface area contributed by atoms with Crippen LogP contribution in [0.5, 0.6) is 5.88 Å². The van der Waals surface area contributed by atoms with Gasteiger partial charge < -0.3 is 10.1 Å². The van der Waals surface area contributed by atoms with E-state index in [1.807, 2.05) is 24.4 Å². The van der Waals surface area contributed by atoms with Crippen molar-refractivity contribution in [2.75, 3.05) is 12.4 Å². The Kier molecular flexibility index (Phi) is 3.20. The smallest absolute Gasteiger partial charge is 0.212 e. The third-order valence-electron chi connectivity index (χ3n) is 2.88. The number of ether oxygens (including phenoxy) is 1. The first-order chi connectivity index (χ1) is 9.81. The molecule has 20 heavy (non-hydrogen) atoms. The highest BCUT2D eigenvalue weighted by Crippen LogP contribution is 2.24. The maximum absolute atomic E-state index is 5.06. The van der Waals surface area contributed by atoms with Gasteiger partial charge in [-0.25, -0.2) is 14.5 Å². The van der Waals surface area contributed by atoms with E-state index in [0.717, 1.165) is 22.6 Å². The van der Waals surface area contributed by atoms with Crippen molar-refractivity contribution in [2.45, 2.75) is 0 Å². The van der Waals surface area contributed by atoms with Gasteiger partial charge in [0.05, 0.1) is 13.3 Å². The van der Waals surface area contributed by atoms with E-state index in [0.29, 0.717) is 5.88 Å². The van der Waals surface area contributed by atoms with Crippen molar-refractivity contribution in [2.24, 2.45) is 0 Å². The Hall–Kier alpha value is -2.63. The first-order valence-corrected chi connectivity index (χ1v) is 6.04. The summed E-state index contributed by atoms with van der Waals surface area (Å²) in [6.07, 6.45) is 5.35. The largest absolute Gasteiger partial charge is 0.481 e. The number of methoxy groups -OCH3 is 1. The summed E-state index contributed by atoms with van der Waals surface area (Å²) in [6.45, 7) is 5.21. The molecule has 0 spiro atoms. The van der Waals surface area contributed by atoms with Gasteiger partial charge in [-0.15, -0.1) is 0 Å². The summed E-state index contributed by atoms with van der Waals surface area (Å²) >= 11 is 0. The molecule has 0 aliphatic heterocycles. The van der Waals surface area contributed by atoms with E-state index >= 15 is 0 Å². The van der Waals surface area contributed by atoms with Crippen LogP contribution < -0.4 is 10.1 Å². The van der Waals surface area contributed by atoms with Crippen LogP contribution in [0.2, 0.25) is 0 Å². The quantitative estimate of drug-likeness (QED) is 0.785. The fourth-order valence-electron chi connectivity index (χ4n) is 1.92. The van der Waals surface area contributed by atoms with E-state index in [2.05, 4.69) is 27.3 Å². The van der Waals surface area contributed by atoms with E-state index in [-0.39, 0.29) is 0 Å². The number of hydrogen-bond donors (Lipinski definition) is 1. The highest BCUT2D eigenvalue weighted by Gasteiger charge is 2.09. The Bertz CT molecular complexity index is 720. The molecule has 0 saturated heterocycles. The summed E-state index contributed by atoms with van der Waals surface area (Å²) in [5, 5.41) is 7.24. The lowest BCUT2D eigenvalue weighted by Crippen LogP contribution is -1.97. The number of hydrogen-bond acceptors (Lipinski definition) is 5. The average molecular weight is 267 g/mol. The van der Waals surface area contributed by atoms with Gasteiger partial charge in [0.15, 0.2) is 5.65 Å². The lowest BCUT2D eigenvalue weighted by Gasteiger charge is -2.04. The zero-order valence-electron chi connectivity index (χ0n) is 10.9. The van der Waals surface area contributed by atoms with E-state index in [1.54, 1.807) is 30.6 Å². The molecule has 3 rings (SSSR count). The third kappa shape index (κ3) is 2.16. The van der Waals surface area contributed by atoms with Crippen LogP contribution in [0.25, 0.3) is 16.8 Å². The van der Waals surface area contributed by atoms with Gasteiger partial charge in [0.1, 0.15) is 5.82 Å². The second kappa shape index (κ2) is 5.16. The SMILES string of the molecule is [CH2][CH]Nc1ccn2ncc(-c3ccc(OC)nc3)c2n1. The van der Waals surface area contributed by atoms with Crippen LogP contribution >= 0.6 is 0 Å². The number of anilines is 1. The molecule has 0 amide bonds. The molecule has 2 radical (unpaired) electrons. The summed E-state index contributed by atoms with van der Waals surface area (Å²) in [7, 11) is 1.59. The van der Waals surface area contributed by atoms with Gasteiger partial charge in [-0.05, 0) is 19.1 Å². The monoisotopic (exact) mass is 267 g/mol. The molecule has 3 aromatic rings. The fourth-order valence-corrected chi connectivity index (χ4v) is 1.92. The molecule has 3 aromatic heterocycles. The zero-order valence-corrected chi connectivity index (χ0v) is 10.9. The van der Waals surface area contributed by atoms with Crippen LogP contribution in [0.1, 0.15) is 0 Å². The number of rotatable bonds is 4. The predicted octanol–water partition coefficient (Wildman–Crippen LogP) is 2.21. The minimum Gasteiger partial charge on any atom is -0.481 e. The molecule has 0 aliphatic rings. The van der Waals surface area contributed by atoms with E-state index in [4.69, 9.17) is 4.74 Å². The Morgan fingerprint density at radius 3 is 2.90 bits per heavy atom. The van der Waals surface area contributed by atoms with Crippen molar-refractivity contribution in [1.82, 2.24) is 19.6 Å². The Labute approximate surface area is 116 Å². The van der Waals surface area contributed by atoms with E-state index < -0.39 is 0 Å². The summed E-state index contributed by atoms with van der Waals surface area (Å²) in [6, 6.07) is 5.57. The average Bonchev–Trinajstić information content (AvgIpc) is 2.91. The van der Waals surface area contributed by atoms with Crippen LogP contribution in [0, 0.1) is 13.5 Å². The second-order valence-corrected chi connectivity index (χ2v) is 4.08. The predicted molar refractivity (Wildman–Crippen MR) is 76.0 cm³/mol. The minimum atomic E-state index is 0.576. The maximum Gasteiger partial charge on any atom is 0.212 e. The molecule has 1 N–H and O–H groups in total. The van der Waals surface area contributed by atoms with Gasteiger partial charge >= 0.3 is 0 Å². The number of pyridine rings is 1. The third-order valence-corrected chi connectivity index (χ3v) is 2.88. The minimum absolute atomic E-state index is 0.576. The maximum atomic E-state index is 5.06. The summed E-state index contributed by atoms with van der Waals surface area (Å²) in [5.41, 5.74) is 2.60. The van der Waals surface area contributed by atoms with Crippen molar-refractivity contribution >= 4 is 11.5 Å². The fraction of sp³-hybridized carbons (Fsp3) is 0.0714. The molecule has 6 heteroatoms. The highest BCUT2D eigenvalue weighted by atomic mass is 16.5. The zero-order chi connectivity index (χ0) is 13.9. The van der Waals surface area contributed by atoms with Crippen LogP contribution in [0.4, 0.5) is 5.82 Å². The highest BCUT2D eigenvalue weighted by molar-refractivity contribution is 5.77. The van der Waals surface area contributed by atoms with Gasteiger partial charge in [0.25, 0.3) is 0 Å². The number of nitrogens with one attached hydrogen (secondary N) is 1. The Balaban J connectivity index is 2.07. The van der Waals surface area contributed by atoms with Crippen molar-refractivity contribution < 1.29 is 4.74 Å². The number of nitrogens with zero attached hydrogens (tertiary/aromatic N) is 4.